The van der Waals surface area contributed by atoms with Gasteiger partial charge in [-0.15, -0.1) is 0 Å². The predicted molar refractivity (Wildman–Crippen MR) is 38.6 cm³/mol. The molecule has 0 aliphatic rings. The minimum atomic E-state index is 0.349. The summed E-state index contributed by atoms with van der Waals surface area (Å²) in [5, 5.41) is 8.87. The molecular formula is C7H5ClN2. The molecule has 0 N–H and O–H groups in total. The van der Waals surface area contributed by atoms with Crippen LogP contribution in [0.3, 0.4) is 0 Å². The number of halogens is 1. The highest BCUT2D eigenvalue weighted by Crippen LogP contribution is 2.12. The molecule has 1 heterocycles. The largest absolute Gasteiger partial charge is 0.263 e. The maximum absolute atomic E-state index is 8.32. The molecule has 50 valence electrons. The van der Waals surface area contributed by atoms with E-state index >= 15 is 0 Å². The summed E-state index contributed by atoms with van der Waals surface area (Å²) < 4.78 is 0. The maximum Gasteiger partial charge on any atom is 0.0670 e. The van der Waals surface area contributed by atoms with Crippen LogP contribution >= 0.6 is 11.6 Å². The minimum absolute atomic E-state index is 0.349. The van der Waals surface area contributed by atoms with Crippen molar-refractivity contribution in [1.82, 2.24) is 4.98 Å². The zero-order chi connectivity index (χ0) is 7.40. The van der Waals surface area contributed by atoms with Crippen LogP contribution < -0.4 is 0 Å². The lowest BCUT2D eigenvalue weighted by atomic mass is 10.2. The van der Waals surface area contributed by atoms with Crippen LogP contribution in [-0.2, 0) is 6.42 Å². The first kappa shape index (κ1) is 7.04. The molecule has 1 rings (SSSR count). The van der Waals surface area contributed by atoms with Gasteiger partial charge in [0.2, 0.25) is 0 Å². The summed E-state index contributed by atoms with van der Waals surface area (Å²) in [4.78, 5) is 3.79. The Labute approximate surface area is 64.1 Å². The predicted octanol–water partition coefficient (Wildman–Crippen LogP) is 1.80. The second-order valence-corrected chi connectivity index (χ2v) is 2.21. The van der Waals surface area contributed by atoms with Gasteiger partial charge in [-0.25, -0.2) is 0 Å². The number of nitrogens with zero attached hydrogens (tertiary/aromatic N) is 2. The minimum Gasteiger partial charge on any atom is -0.263 e. The van der Waals surface area contributed by atoms with Crippen LogP contribution in [0, 0.1) is 11.3 Å². The number of aromatic nitrogens is 1. The van der Waals surface area contributed by atoms with E-state index in [4.69, 9.17) is 16.9 Å². The van der Waals surface area contributed by atoms with Gasteiger partial charge < -0.3 is 0 Å². The Morgan fingerprint density at radius 1 is 1.70 bits per heavy atom. The molecule has 0 fully saturated rings. The summed E-state index contributed by atoms with van der Waals surface area (Å²) in [6.45, 7) is 0. The van der Waals surface area contributed by atoms with Gasteiger partial charge in [0.1, 0.15) is 0 Å². The number of nitriles is 1. The van der Waals surface area contributed by atoms with Crippen LogP contribution in [0.5, 0.6) is 0 Å². The third kappa shape index (κ3) is 1.46. The summed E-state index contributed by atoms with van der Waals surface area (Å²) >= 11 is 5.69. The van der Waals surface area contributed by atoms with Crippen LogP contribution in [0.1, 0.15) is 5.56 Å². The third-order valence-electron chi connectivity index (χ3n) is 1.13. The topological polar surface area (TPSA) is 36.7 Å². The molecule has 0 aliphatic carbocycles. The molecule has 2 nitrogen and oxygen atoms in total. The normalized spacial score (nSPS) is 8.80. The van der Waals surface area contributed by atoms with Gasteiger partial charge in [-0.05, 0) is 11.6 Å². The molecule has 0 aliphatic heterocycles. The average molecular weight is 153 g/mol. The molecule has 0 unspecified atom stereocenters. The van der Waals surface area contributed by atoms with E-state index in [0.29, 0.717) is 11.4 Å². The molecule has 0 radical (unpaired) electrons. The molecule has 0 bridgehead atoms. The van der Waals surface area contributed by atoms with Crippen LogP contribution in [0.4, 0.5) is 0 Å². The fourth-order valence-corrected chi connectivity index (χ4v) is 0.819. The van der Waals surface area contributed by atoms with E-state index in [0.717, 1.165) is 5.56 Å². The molecule has 10 heavy (non-hydrogen) atoms. The highest BCUT2D eigenvalue weighted by atomic mass is 35.5. The van der Waals surface area contributed by atoms with Gasteiger partial charge in [0, 0.05) is 12.4 Å². The summed E-state index contributed by atoms with van der Waals surface area (Å²) in [6.07, 6.45) is 3.51. The van der Waals surface area contributed by atoms with Crippen LogP contribution in [0.25, 0.3) is 0 Å². The van der Waals surface area contributed by atoms with Gasteiger partial charge in [-0.2, -0.15) is 5.26 Å². The van der Waals surface area contributed by atoms with Gasteiger partial charge in [0.25, 0.3) is 0 Å². The Balaban J connectivity index is 2.94. The molecule has 0 aromatic carbocycles. The van der Waals surface area contributed by atoms with Crippen molar-refractivity contribution in [2.24, 2.45) is 0 Å². The summed E-state index contributed by atoms with van der Waals surface area (Å²) in [5.41, 5.74) is 0.833. The molecule has 0 atom stereocenters. The standard InChI is InChI=1S/C7H5ClN2/c8-7-5-10-4-2-6(7)1-3-9/h2,4-5H,1H2. The van der Waals surface area contributed by atoms with E-state index < -0.39 is 0 Å². The fraction of sp³-hybridized carbons (Fsp3) is 0.143. The molecule has 0 amide bonds. The Hall–Kier alpha value is -1.07. The Kier molecular flexibility index (Phi) is 2.24. The lowest BCUT2D eigenvalue weighted by molar-refractivity contribution is 1.21. The first-order valence-electron chi connectivity index (χ1n) is 2.80. The Morgan fingerprint density at radius 3 is 3.10 bits per heavy atom. The van der Waals surface area contributed by atoms with E-state index in [2.05, 4.69) is 4.98 Å². The molecule has 3 heteroatoms. The number of rotatable bonds is 1. The van der Waals surface area contributed by atoms with E-state index in [1.807, 2.05) is 6.07 Å². The van der Waals surface area contributed by atoms with Gasteiger partial charge in [0.05, 0.1) is 17.5 Å². The van der Waals surface area contributed by atoms with Crippen LogP contribution in [-0.4, -0.2) is 4.98 Å². The molecule has 1 aromatic rings. The first-order chi connectivity index (χ1) is 4.84. The van der Waals surface area contributed by atoms with Crippen LogP contribution in [0.2, 0.25) is 5.02 Å². The second kappa shape index (κ2) is 3.19. The Bertz CT molecular complexity index is 265. The molecule has 1 aromatic heterocycles. The monoisotopic (exact) mass is 152 g/mol. The smallest absolute Gasteiger partial charge is 0.0670 e. The number of pyridine rings is 1. The van der Waals surface area contributed by atoms with Crippen molar-refractivity contribution in [1.29, 1.82) is 5.26 Å². The molecule has 0 spiro atoms. The molecule has 0 saturated carbocycles. The lowest BCUT2D eigenvalue weighted by Gasteiger charge is -1.94. The van der Waals surface area contributed by atoms with Crippen molar-refractivity contribution in [2.75, 3.05) is 0 Å². The molecular weight excluding hydrogens is 148 g/mol. The van der Waals surface area contributed by atoms with Gasteiger partial charge in [-0.1, -0.05) is 11.6 Å². The lowest BCUT2D eigenvalue weighted by Crippen LogP contribution is -1.83. The van der Waals surface area contributed by atoms with Crippen LogP contribution in [0.15, 0.2) is 18.5 Å². The van der Waals surface area contributed by atoms with E-state index in [-0.39, 0.29) is 0 Å². The quantitative estimate of drug-likeness (QED) is 0.615. The summed E-state index contributed by atoms with van der Waals surface area (Å²) in [5.74, 6) is 0. The van der Waals surface area contributed by atoms with Crippen molar-refractivity contribution in [3.8, 4) is 6.07 Å². The number of hydrogen-bond donors (Lipinski definition) is 0. The second-order valence-electron chi connectivity index (χ2n) is 1.80. The van der Waals surface area contributed by atoms with E-state index in [1.165, 1.54) is 6.20 Å². The fourth-order valence-electron chi connectivity index (χ4n) is 0.633. The van der Waals surface area contributed by atoms with Crippen molar-refractivity contribution < 1.29 is 0 Å². The zero-order valence-corrected chi connectivity index (χ0v) is 5.97. The number of hydrogen-bond acceptors (Lipinski definition) is 2. The van der Waals surface area contributed by atoms with Crippen molar-refractivity contribution in [3.05, 3.63) is 29.0 Å². The molecule has 0 saturated heterocycles. The van der Waals surface area contributed by atoms with Crippen molar-refractivity contribution >= 4 is 11.6 Å². The Morgan fingerprint density at radius 2 is 2.50 bits per heavy atom. The SMILES string of the molecule is N#CCc1ccncc1Cl. The highest BCUT2D eigenvalue weighted by Gasteiger charge is 1.95. The third-order valence-corrected chi connectivity index (χ3v) is 1.47. The summed E-state index contributed by atoms with van der Waals surface area (Å²) in [7, 11) is 0. The first-order valence-corrected chi connectivity index (χ1v) is 3.17. The zero-order valence-electron chi connectivity index (χ0n) is 5.21. The van der Waals surface area contributed by atoms with Crippen molar-refractivity contribution in [2.45, 2.75) is 6.42 Å². The van der Waals surface area contributed by atoms with Crippen molar-refractivity contribution in [3.63, 3.8) is 0 Å². The van der Waals surface area contributed by atoms with Gasteiger partial charge in [0.15, 0.2) is 0 Å². The maximum atomic E-state index is 8.32. The van der Waals surface area contributed by atoms with E-state index in [9.17, 15) is 0 Å². The van der Waals surface area contributed by atoms with Gasteiger partial charge >= 0.3 is 0 Å². The summed E-state index contributed by atoms with van der Waals surface area (Å²) in [6, 6.07) is 3.75. The average Bonchev–Trinajstić information content (AvgIpc) is 1.94. The highest BCUT2D eigenvalue weighted by molar-refractivity contribution is 6.31. The van der Waals surface area contributed by atoms with E-state index in [1.54, 1.807) is 12.3 Å². The van der Waals surface area contributed by atoms with Gasteiger partial charge in [-0.3, -0.25) is 4.98 Å².